The maximum atomic E-state index is 14.6. The van der Waals surface area contributed by atoms with E-state index in [1.165, 1.54) is 24.1 Å². The Morgan fingerprint density at radius 3 is 2.06 bits per heavy atom. The lowest BCUT2D eigenvalue weighted by atomic mass is 10.0. The van der Waals surface area contributed by atoms with Crippen molar-refractivity contribution in [1.82, 2.24) is 10.2 Å². The number of aryl methyl sites for hydroxylation is 2. The maximum absolute atomic E-state index is 14.6. The third-order valence-electron chi connectivity index (χ3n) is 8.06. The van der Waals surface area contributed by atoms with Gasteiger partial charge < -0.3 is 15.0 Å². The number of sulfonamides is 1. The molecule has 0 radical (unpaired) electrons. The number of carbonyl (C=O) groups excluding carboxylic acids is 2. The lowest BCUT2D eigenvalue weighted by Crippen LogP contribution is -2.54. The van der Waals surface area contributed by atoms with Gasteiger partial charge in [-0.3, -0.25) is 13.9 Å². The Labute approximate surface area is 286 Å². The Balaban J connectivity index is 1.81. The van der Waals surface area contributed by atoms with Crippen molar-refractivity contribution in [1.29, 1.82) is 0 Å². The van der Waals surface area contributed by atoms with Crippen LogP contribution in [0.2, 0.25) is 0 Å². The first-order valence-electron chi connectivity index (χ1n) is 15.5. The molecule has 0 saturated heterocycles. The number of nitrogens with zero attached hydrogens (tertiary/aromatic N) is 2. The van der Waals surface area contributed by atoms with Crippen molar-refractivity contribution >= 4 is 43.5 Å². The molecule has 47 heavy (non-hydrogen) atoms. The van der Waals surface area contributed by atoms with Gasteiger partial charge in [-0.05, 0) is 84.6 Å². The molecular formula is C37H42BrN3O5S. The van der Waals surface area contributed by atoms with Gasteiger partial charge in [0.15, 0.2) is 0 Å². The highest BCUT2D eigenvalue weighted by Gasteiger charge is 2.35. The molecule has 0 fully saturated rings. The first-order chi connectivity index (χ1) is 22.4. The molecule has 2 atom stereocenters. The zero-order valence-electron chi connectivity index (χ0n) is 27.4. The van der Waals surface area contributed by atoms with E-state index in [9.17, 15) is 18.0 Å². The van der Waals surface area contributed by atoms with Crippen molar-refractivity contribution in [2.24, 2.45) is 0 Å². The van der Waals surface area contributed by atoms with Gasteiger partial charge in [0.05, 0.1) is 22.2 Å². The molecule has 0 aromatic heterocycles. The van der Waals surface area contributed by atoms with Crippen LogP contribution in [0.3, 0.4) is 0 Å². The second-order valence-corrected chi connectivity index (χ2v) is 14.4. The van der Waals surface area contributed by atoms with E-state index < -0.39 is 28.5 Å². The molecule has 8 nitrogen and oxygen atoms in total. The maximum Gasteiger partial charge on any atom is 0.264 e. The molecule has 0 spiro atoms. The number of carbonyl (C=O) groups is 2. The summed E-state index contributed by atoms with van der Waals surface area (Å²) in [6, 6.07) is 27.7. The first-order valence-corrected chi connectivity index (χ1v) is 17.8. The smallest absolute Gasteiger partial charge is 0.264 e. The summed E-state index contributed by atoms with van der Waals surface area (Å²) in [5.74, 6) is -0.336. The van der Waals surface area contributed by atoms with E-state index in [1.54, 1.807) is 30.3 Å². The quantitative estimate of drug-likeness (QED) is 0.154. The number of benzene rings is 4. The second-order valence-electron chi connectivity index (χ2n) is 11.7. The van der Waals surface area contributed by atoms with Gasteiger partial charge in [-0.25, -0.2) is 8.42 Å². The summed E-state index contributed by atoms with van der Waals surface area (Å²) in [6.45, 7) is 7.37. The van der Waals surface area contributed by atoms with Crippen molar-refractivity contribution in [3.05, 3.63) is 124 Å². The summed E-state index contributed by atoms with van der Waals surface area (Å²) in [6.07, 6.45) is 0.968. The molecule has 0 saturated carbocycles. The van der Waals surface area contributed by atoms with E-state index >= 15 is 0 Å². The van der Waals surface area contributed by atoms with Crippen LogP contribution in [-0.4, -0.2) is 50.9 Å². The Kier molecular flexibility index (Phi) is 12.2. The molecule has 4 aromatic rings. The number of methoxy groups -OCH3 is 1. The average Bonchev–Trinajstić information content (AvgIpc) is 3.06. The standard InChI is InChI=1S/C37H42BrN3O5S/c1-6-28(4)39-37(43)34(22-29-10-8-7-9-11-29)40(24-30-16-12-26(2)13-17-30)36(42)25-41(31-18-14-27(3)15-19-31)47(44,45)32-20-21-35(46-5)33(38)23-32/h7-21,23,28,34H,6,22,24-25H2,1-5H3,(H,39,43)/t28-,34-/m1/s1. The predicted octanol–water partition coefficient (Wildman–Crippen LogP) is 6.82. The second kappa shape index (κ2) is 16.1. The van der Waals surface area contributed by atoms with Gasteiger partial charge in [0.2, 0.25) is 11.8 Å². The molecule has 4 aromatic carbocycles. The van der Waals surface area contributed by atoms with Gasteiger partial charge in [-0.1, -0.05) is 84.8 Å². The number of ether oxygens (including phenoxy) is 1. The van der Waals surface area contributed by atoms with Crippen LogP contribution in [0.15, 0.2) is 106 Å². The normalized spacial score (nSPS) is 12.6. The third-order valence-corrected chi connectivity index (χ3v) is 10.4. The summed E-state index contributed by atoms with van der Waals surface area (Å²) >= 11 is 3.40. The van der Waals surface area contributed by atoms with Gasteiger partial charge in [0, 0.05) is 19.0 Å². The molecule has 4 rings (SSSR count). The fourth-order valence-electron chi connectivity index (χ4n) is 5.06. The van der Waals surface area contributed by atoms with Crippen LogP contribution < -0.4 is 14.4 Å². The van der Waals surface area contributed by atoms with E-state index in [2.05, 4.69) is 21.2 Å². The van der Waals surface area contributed by atoms with Crippen LogP contribution in [0.1, 0.15) is 42.5 Å². The molecule has 0 aliphatic heterocycles. The molecule has 0 aliphatic carbocycles. The van der Waals surface area contributed by atoms with E-state index in [0.717, 1.165) is 26.6 Å². The first kappa shape index (κ1) is 35.7. The topological polar surface area (TPSA) is 96.0 Å². The Bertz CT molecular complexity index is 1760. The largest absolute Gasteiger partial charge is 0.496 e. The zero-order chi connectivity index (χ0) is 34.1. The molecule has 0 bridgehead atoms. The number of rotatable bonds is 14. The highest BCUT2D eigenvalue weighted by molar-refractivity contribution is 9.10. The lowest BCUT2D eigenvalue weighted by Gasteiger charge is -2.34. The van der Waals surface area contributed by atoms with Gasteiger partial charge >= 0.3 is 0 Å². The summed E-state index contributed by atoms with van der Waals surface area (Å²) in [5.41, 5.74) is 4.03. The monoisotopic (exact) mass is 719 g/mol. The van der Waals surface area contributed by atoms with Gasteiger partial charge in [0.25, 0.3) is 10.0 Å². The average molecular weight is 721 g/mol. The fraction of sp³-hybridized carbons (Fsp3) is 0.297. The van der Waals surface area contributed by atoms with E-state index in [4.69, 9.17) is 4.74 Å². The minimum atomic E-state index is -4.25. The third kappa shape index (κ3) is 9.23. The number of hydrogen-bond acceptors (Lipinski definition) is 5. The molecule has 0 aliphatic rings. The number of anilines is 1. The molecule has 1 N–H and O–H groups in total. The van der Waals surface area contributed by atoms with Crippen LogP contribution in [0.25, 0.3) is 0 Å². The zero-order valence-corrected chi connectivity index (χ0v) is 29.8. The molecular weight excluding hydrogens is 678 g/mol. The van der Waals surface area contributed by atoms with Gasteiger partial charge in [0.1, 0.15) is 18.3 Å². The van der Waals surface area contributed by atoms with Crippen molar-refractivity contribution in [2.45, 2.75) is 64.1 Å². The van der Waals surface area contributed by atoms with E-state index in [1.807, 2.05) is 82.3 Å². The minimum Gasteiger partial charge on any atom is -0.496 e. The van der Waals surface area contributed by atoms with Crippen LogP contribution >= 0.6 is 15.9 Å². The summed E-state index contributed by atoms with van der Waals surface area (Å²) in [4.78, 5) is 30.1. The Morgan fingerprint density at radius 2 is 1.49 bits per heavy atom. The molecule has 2 amide bonds. The summed E-state index contributed by atoms with van der Waals surface area (Å²) in [7, 11) is -2.75. The SMILES string of the molecule is CC[C@@H](C)NC(=O)[C@@H](Cc1ccccc1)N(Cc1ccc(C)cc1)C(=O)CN(c1ccc(C)cc1)S(=O)(=O)c1ccc(OC)c(Br)c1. The fourth-order valence-corrected chi connectivity index (χ4v) is 7.19. The predicted molar refractivity (Wildman–Crippen MR) is 190 cm³/mol. The van der Waals surface area contributed by atoms with Gasteiger partial charge in [-0.15, -0.1) is 0 Å². The van der Waals surface area contributed by atoms with Crippen LogP contribution in [0, 0.1) is 13.8 Å². The van der Waals surface area contributed by atoms with Gasteiger partial charge in [-0.2, -0.15) is 0 Å². The van der Waals surface area contributed by atoms with Crippen LogP contribution in [-0.2, 0) is 32.6 Å². The number of nitrogens with one attached hydrogen (secondary N) is 1. The summed E-state index contributed by atoms with van der Waals surface area (Å²) < 4.78 is 35.5. The molecule has 10 heteroatoms. The van der Waals surface area contributed by atoms with Crippen molar-refractivity contribution in [2.75, 3.05) is 18.0 Å². The molecule has 248 valence electrons. The number of hydrogen-bond donors (Lipinski definition) is 1. The highest BCUT2D eigenvalue weighted by atomic mass is 79.9. The number of amides is 2. The minimum absolute atomic E-state index is 0.0148. The van der Waals surface area contributed by atoms with Crippen LogP contribution in [0.5, 0.6) is 5.75 Å². The Hall–Kier alpha value is -4.15. The molecule has 0 unspecified atom stereocenters. The van der Waals surface area contributed by atoms with E-state index in [0.29, 0.717) is 22.3 Å². The van der Waals surface area contributed by atoms with Crippen molar-refractivity contribution in [3.63, 3.8) is 0 Å². The van der Waals surface area contributed by atoms with Crippen molar-refractivity contribution in [3.8, 4) is 5.75 Å². The summed E-state index contributed by atoms with van der Waals surface area (Å²) in [5, 5.41) is 3.06. The Morgan fingerprint density at radius 1 is 0.872 bits per heavy atom. The number of halogens is 1. The van der Waals surface area contributed by atoms with Crippen LogP contribution in [0.4, 0.5) is 5.69 Å². The molecule has 0 heterocycles. The van der Waals surface area contributed by atoms with Crippen molar-refractivity contribution < 1.29 is 22.7 Å². The lowest BCUT2D eigenvalue weighted by molar-refractivity contribution is -0.140. The van der Waals surface area contributed by atoms with E-state index in [-0.39, 0.29) is 29.8 Å². The highest BCUT2D eigenvalue weighted by Crippen LogP contribution is 2.31.